The number of rotatable bonds is 4. The maximum Gasteiger partial charge on any atom is 0.227 e. The molecule has 2 aromatic rings. The van der Waals surface area contributed by atoms with Crippen LogP contribution < -0.4 is 10.2 Å². The van der Waals surface area contributed by atoms with Gasteiger partial charge in [-0.1, -0.05) is 42.0 Å². The smallest absolute Gasteiger partial charge is 0.227 e. The molecule has 1 fully saturated rings. The highest BCUT2D eigenvalue weighted by molar-refractivity contribution is 6.00. The number of nitrogens with zero attached hydrogens (tertiary/aromatic N) is 1. The molecule has 2 amide bonds. The number of hydrogen-bond donors (Lipinski definition) is 1. The van der Waals surface area contributed by atoms with E-state index in [1.807, 2.05) is 31.2 Å². The van der Waals surface area contributed by atoms with Crippen LogP contribution in [0.15, 0.2) is 48.5 Å². The molecule has 0 spiro atoms. The first-order valence-corrected chi connectivity index (χ1v) is 7.93. The maximum atomic E-state index is 13.9. The number of amides is 2. The summed E-state index contributed by atoms with van der Waals surface area (Å²) in [6.07, 6.45) is 0.105. The lowest BCUT2D eigenvalue weighted by molar-refractivity contribution is -0.126. The monoisotopic (exact) mass is 326 g/mol. The van der Waals surface area contributed by atoms with Crippen LogP contribution in [0.3, 0.4) is 0 Å². The average molecular weight is 326 g/mol. The van der Waals surface area contributed by atoms with Gasteiger partial charge >= 0.3 is 0 Å². The van der Waals surface area contributed by atoms with Crippen molar-refractivity contribution in [2.45, 2.75) is 19.9 Å². The van der Waals surface area contributed by atoms with E-state index in [4.69, 9.17) is 0 Å². The highest BCUT2D eigenvalue weighted by atomic mass is 19.1. The quantitative estimate of drug-likeness (QED) is 0.939. The van der Waals surface area contributed by atoms with Gasteiger partial charge in [-0.3, -0.25) is 9.59 Å². The van der Waals surface area contributed by atoms with Gasteiger partial charge in [-0.2, -0.15) is 0 Å². The zero-order valence-corrected chi connectivity index (χ0v) is 13.5. The summed E-state index contributed by atoms with van der Waals surface area (Å²) in [6, 6.07) is 14.0. The summed E-state index contributed by atoms with van der Waals surface area (Å²) < 4.78 is 13.9. The summed E-state index contributed by atoms with van der Waals surface area (Å²) in [4.78, 5) is 25.8. The first-order valence-electron chi connectivity index (χ1n) is 7.93. The molecule has 0 aliphatic carbocycles. The van der Waals surface area contributed by atoms with Gasteiger partial charge < -0.3 is 10.2 Å². The Bertz CT molecular complexity index is 758. The Balaban J connectivity index is 1.62. The van der Waals surface area contributed by atoms with E-state index in [0.717, 1.165) is 11.1 Å². The van der Waals surface area contributed by atoms with Crippen molar-refractivity contribution in [3.8, 4) is 0 Å². The van der Waals surface area contributed by atoms with Crippen molar-refractivity contribution < 1.29 is 14.0 Å². The molecular formula is C19H19FN2O2. The van der Waals surface area contributed by atoms with Gasteiger partial charge in [-0.25, -0.2) is 4.39 Å². The van der Waals surface area contributed by atoms with Gasteiger partial charge in [0.1, 0.15) is 5.82 Å². The lowest BCUT2D eigenvalue weighted by atomic mass is 10.1. The Labute approximate surface area is 140 Å². The van der Waals surface area contributed by atoms with Crippen molar-refractivity contribution in [1.82, 2.24) is 5.32 Å². The Morgan fingerprint density at radius 2 is 1.92 bits per heavy atom. The molecule has 0 aromatic heterocycles. The molecule has 1 atom stereocenters. The van der Waals surface area contributed by atoms with Crippen LogP contribution in [0.1, 0.15) is 17.5 Å². The number of hydrogen-bond acceptors (Lipinski definition) is 2. The van der Waals surface area contributed by atoms with Gasteiger partial charge in [-0.15, -0.1) is 0 Å². The Morgan fingerprint density at radius 3 is 2.62 bits per heavy atom. The lowest BCUT2D eigenvalue weighted by Gasteiger charge is -2.17. The van der Waals surface area contributed by atoms with Gasteiger partial charge in [-0.05, 0) is 24.6 Å². The van der Waals surface area contributed by atoms with Crippen molar-refractivity contribution in [2.75, 3.05) is 11.4 Å². The highest BCUT2D eigenvalue weighted by Gasteiger charge is 2.35. The molecule has 0 unspecified atom stereocenters. The second-order valence-corrected chi connectivity index (χ2v) is 6.06. The summed E-state index contributed by atoms with van der Waals surface area (Å²) in [7, 11) is 0. The molecule has 1 saturated heterocycles. The second-order valence-electron chi connectivity index (χ2n) is 6.06. The van der Waals surface area contributed by atoms with Gasteiger partial charge in [0.25, 0.3) is 0 Å². The van der Waals surface area contributed by atoms with E-state index in [9.17, 15) is 14.0 Å². The molecule has 5 heteroatoms. The molecule has 3 rings (SSSR count). The third kappa shape index (κ3) is 3.45. The fourth-order valence-electron chi connectivity index (χ4n) is 2.83. The van der Waals surface area contributed by atoms with Crippen LogP contribution in [0, 0.1) is 18.7 Å². The SMILES string of the molecule is Cc1ccc(CNC(=O)[C@@H]2CC(=O)N(c3ccccc3F)C2)cc1. The topological polar surface area (TPSA) is 49.4 Å². The number of halogens is 1. The van der Waals surface area contributed by atoms with Crippen LogP contribution >= 0.6 is 0 Å². The van der Waals surface area contributed by atoms with Gasteiger partial charge in [0.05, 0.1) is 11.6 Å². The number of para-hydroxylation sites is 1. The first-order chi connectivity index (χ1) is 11.5. The molecule has 124 valence electrons. The Kier molecular flexibility index (Phi) is 4.60. The van der Waals surface area contributed by atoms with Crippen LogP contribution in [0.5, 0.6) is 0 Å². The van der Waals surface area contributed by atoms with E-state index < -0.39 is 11.7 Å². The number of aryl methyl sites for hydroxylation is 1. The molecule has 1 aliphatic rings. The van der Waals surface area contributed by atoms with Crippen molar-refractivity contribution in [2.24, 2.45) is 5.92 Å². The van der Waals surface area contributed by atoms with Crippen LogP contribution in [-0.4, -0.2) is 18.4 Å². The molecule has 4 nitrogen and oxygen atoms in total. The first kappa shape index (κ1) is 16.2. The fourth-order valence-corrected chi connectivity index (χ4v) is 2.83. The van der Waals surface area contributed by atoms with E-state index >= 15 is 0 Å². The largest absolute Gasteiger partial charge is 0.352 e. The van der Waals surface area contributed by atoms with E-state index in [1.165, 1.54) is 11.0 Å². The summed E-state index contributed by atoms with van der Waals surface area (Å²) in [5, 5.41) is 2.86. The molecule has 2 aromatic carbocycles. The van der Waals surface area contributed by atoms with Gasteiger partial charge in [0.2, 0.25) is 11.8 Å². The zero-order chi connectivity index (χ0) is 17.1. The minimum atomic E-state index is -0.456. The number of benzene rings is 2. The molecule has 0 radical (unpaired) electrons. The lowest BCUT2D eigenvalue weighted by Crippen LogP contribution is -2.32. The van der Waals surface area contributed by atoms with Crippen molar-refractivity contribution in [1.29, 1.82) is 0 Å². The third-order valence-electron chi connectivity index (χ3n) is 4.23. The molecule has 1 aliphatic heterocycles. The highest BCUT2D eigenvalue weighted by Crippen LogP contribution is 2.27. The summed E-state index contributed by atoms with van der Waals surface area (Å²) in [5.74, 6) is -1.31. The molecule has 0 saturated carbocycles. The van der Waals surface area contributed by atoms with Gasteiger partial charge in [0, 0.05) is 19.5 Å². The molecule has 1 heterocycles. The predicted octanol–water partition coefficient (Wildman–Crippen LogP) is 2.80. The minimum Gasteiger partial charge on any atom is -0.352 e. The van der Waals surface area contributed by atoms with Crippen molar-refractivity contribution in [3.63, 3.8) is 0 Å². The van der Waals surface area contributed by atoms with Crippen molar-refractivity contribution >= 4 is 17.5 Å². The second kappa shape index (κ2) is 6.83. The number of nitrogens with one attached hydrogen (secondary N) is 1. The summed E-state index contributed by atoms with van der Waals surface area (Å²) in [6.45, 7) is 2.63. The van der Waals surface area contributed by atoms with Crippen LogP contribution in [-0.2, 0) is 16.1 Å². The fraction of sp³-hybridized carbons (Fsp3) is 0.263. The standard InChI is InChI=1S/C19H19FN2O2/c1-13-6-8-14(9-7-13)11-21-19(24)15-10-18(23)22(12-15)17-5-3-2-4-16(17)20/h2-9,15H,10-12H2,1H3,(H,21,24)/t15-/m1/s1. The summed E-state index contributed by atoms with van der Waals surface area (Å²) in [5.41, 5.74) is 2.40. The van der Waals surface area contributed by atoms with E-state index in [-0.39, 0.29) is 30.5 Å². The zero-order valence-electron chi connectivity index (χ0n) is 13.5. The molecular weight excluding hydrogens is 307 g/mol. The van der Waals surface area contributed by atoms with Crippen LogP contribution in [0.25, 0.3) is 0 Å². The molecule has 0 bridgehead atoms. The molecule has 1 N–H and O–H groups in total. The maximum absolute atomic E-state index is 13.9. The Morgan fingerprint density at radius 1 is 1.21 bits per heavy atom. The van der Waals surface area contributed by atoms with Crippen molar-refractivity contribution in [3.05, 3.63) is 65.5 Å². The van der Waals surface area contributed by atoms with E-state index in [0.29, 0.717) is 6.54 Å². The van der Waals surface area contributed by atoms with Gasteiger partial charge in [0.15, 0.2) is 0 Å². The predicted molar refractivity (Wildman–Crippen MR) is 89.9 cm³/mol. The number of carbonyl (C=O) groups excluding carboxylic acids is 2. The summed E-state index contributed by atoms with van der Waals surface area (Å²) >= 11 is 0. The Hall–Kier alpha value is -2.69. The normalized spacial score (nSPS) is 17.2. The number of anilines is 1. The van der Waals surface area contributed by atoms with Crippen LogP contribution in [0.4, 0.5) is 10.1 Å². The average Bonchev–Trinajstić information content (AvgIpc) is 2.96. The van der Waals surface area contributed by atoms with Crippen LogP contribution in [0.2, 0.25) is 0 Å². The minimum absolute atomic E-state index is 0.105. The van der Waals surface area contributed by atoms with E-state index in [2.05, 4.69) is 5.32 Å². The third-order valence-corrected chi connectivity index (χ3v) is 4.23. The molecule has 24 heavy (non-hydrogen) atoms. The van der Waals surface area contributed by atoms with E-state index in [1.54, 1.807) is 18.2 Å². The number of carbonyl (C=O) groups is 2.